The van der Waals surface area contributed by atoms with Crippen molar-refractivity contribution in [3.8, 4) is 18.1 Å². The molecule has 5 rings (SSSR count). The molecule has 3 aliphatic rings. The van der Waals surface area contributed by atoms with Crippen LogP contribution in [0.3, 0.4) is 0 Å². The molecule has 0 aromatic heterocycles. The zero-order valence-corrected chi connectivity index (χ0v) is 19.5. The Labute approximate surface area is 203 Å². The van der Waals surface area contributed by atoms with E-state index in [0.717, 1.165) is 47.5 Å². The Balaban J connectivity index is 1.34. The van der Waals surface area contributed by atoms with Crippen molar-refractivity contribution in [2.75, 3.05) is 26.2 Å². The molecule has 3 heterocycles. The van der Waals surface area contributed by atoms with E-state index in [9.17, 15) is 13.6 Å². The summed E-state index contributed by atoms with van der Waals surface area (Å²) in [6, 6.07) is 14.3. The monoisotopic (exact) mass is 476 g/mol. The maximum absolute atomic E-state index is 13.6. The van der Waals surface area contributed by atoms with Crippen molar-refractivity contribution in [3.63, 3.8) is 0 Å². The van der Waals surface area contributed by atoms with Crippen molar-refractivity contribution in [1.29, 1.82) is 0 Å². The van der Waals surface area contributed by atoms with E-state index in [1.807, 2.05) is 24.3 Å². The molecule has 0 fully saturated rings. The van der Waals surface area contributed by atoms with Gasteiger partial charge >= 0.3 is 6.11 Å². The number of rotatable bonds is 6. The number of benzene rings is 2. The minimum absolute atomic E-state index is 0.0561. The van der Waals surface area contributed by atoms with E-state index < -0.39 is 6.11 Å². The normalized spacial score (nSPS) is 18.2. The number of ether oxygens (including phenoxy) is 1. The second-order valence-electron chi connectivity index (χ2n) is 9.01. The number of carbonyl (C=O) groups excluding carboxylic acids is 1. The Bertz CT molecular complexity index is 1240. The number of halogens is 2. The molecule has 8 heteroatoms. The Kier molecular flexibility index (Phi) is 6.03. The number of nitrogens with zero attached hydrogens (tertiary/aromatic N) is 4. The number of carbonyl (C=O) groups is 1. The number of hydrogen-bond acceptors (Lipinski definition) is 5. The molecule has 180 valence electrons. The molecular weight excluding hydrogens is 450 g/mol. The van der Waals surface area contributed by atoms with Crippen LogP contribution in [0.2, 0.25) is 0 Å². The fourth-order valence-electron chi connectivity index (χ4n) is 4.82. The van der Waals surface area contributed by atoms with Gasteiger partial charge in [0.25, 0.3) is 5.91 Å². The number of hydrogen-bond donors (Lipinski definition) is 0. The van der Waals surface area contributed by atoms with Crippen LogP contribution in [0.15, 0.2) is 64.8 Å². The van der Waals surface area contributed by atoms with Crippen LogP contribution in [0.4, 0.5) is 8.78 Å². The van der Waals surface area contributed by atoms with E-state index in [0.29, 0.717) is 39.1 Å². The lowest BCUT2D eigenvalue weighted by molar-refractivity contribution is -0.158. The first-order valence-corrected chi connectivity index (χ1v) is 11.6. The Morgan fingerprint density at radius 1 is 1.11 bits per heavy atom. The summed E-state index contributed by atoms with van der Waals surface area (Å²) >= 11 is 0. The number of guanidine groups is 1. The van der Waals surface area contributed by atoms with Crippen LogP contribution in [-0.4, -0.2) is 58.9 Å². The number of alkyl halides is 2. The predicted octanol–water partition coefficient (Wildman–Crippen LogP) is 3.83. The molecule has 6 nitrogen and oxygen atoms in total. The largest absolute Gasteiger partial charge is 0.433 e. The van der Waals surface area contributed by atoms with Crippen molar-refractivity contribution in [1.82, 2.24) is 14.7 Å². The average molecular weight is 477 g/mol. The second-order valence-corrected chi connectivity index (χ2v) is 9.01. The van der Waals surface area contributed by atoms with Crippen LogP contribution in [0.5, 0.6) is 5.75 Å². The van der Waals surface area contributed by atoms with Gasteiger partial charge in [-0.05, 0) is 35.4 Å². The highest BCUT2D eigenvalue weighted by Gasteiger charge is 2.41. The summed E-state index contributed by atoms with van der Waals surface area (Å²) in [5.41, 5.74) is 4.62. The summed E-state index contributed by atoms with van der Waals surface area (Å²) in [6.07, 6.45) is 3.07. The van der Waals surface area contributed by atoms with Crippen LogP contribution in [-0.2, 0) is 17.9 Å². The molecule has 0 N–H and O–H groups in total. The van der Waals surface area contributed by atoms with Gasteiger partial charge in [-0.15, -0.1) is 6.42 Å². The first kappa shape index (κ1) is 23.1. The van der Waals surface area contributed by atoms with Gasteiger partial charge in [-0.25, -0.2) is 0 Å². The van der Waals surface area contributed by atoms with Crippen molar-refractivity contribution in [2.24, 2.45) is 4.99 Å². The summed E-state index contributed by atoms with van der Waals surface area (Å²) in [7, 11) is 0. The number of aliphatic imine (C=N–C) groups is 1. The van der Waals surface area contributed by atoms with Crippen LogP contribution in [0.1, 0.15) is 30.0 Å². The third-order valence-electron chi connectivity index (χ3n) is 6.34. The van der Waals surface area contributed by atoms with E-state index in [1.54, 1.807) is 17.0 Å². The molecular formula is C27H26F2N4O2. The molecule has 0 unspecified atom stereocenters. The average Bonchev–Trinajstić information content (AvgIpc) is 3.32. The zero-order valence-electron chi connectivity index (χ0n) is 19.5. The molecule has 0 saturated carbocycles. The third-order valence-corrected chi connectivity index (χ3v) is 6.34. The summed E-state index contributed by atoms with van der Waals surface area (Å²) in [5.74, 6) is 3.36. The maximum atomic E-state index is 13.6. The quantitative estimate of drug-likeness (QED) is 0.595. The summed E-state index contributed by atoms with van der Waals surface area (Å²) < 4.78 is 30.9. The Morgan fingerprint density at radius 2 is 1.91 bits per heavy atom. The van der Waals surface area contributed by atoms with E-state index in [4.69, 9.17) is 6.42 Å². The van der Waals surface area contributed by atoms with E-state index in [2.05, 4.69) is 25.4 Å². The summed E-state index contributed by atoms with van der Waals surface area (Å²) in [4.78, 5) is 24.4. The highest BCUT2D eigenvalue weighted by atomic mass is 19.3. The molecule has 0 spiro atoms. The summed E-state index contributed by atoms with van der Waals surface area (Å²) in [5, 5.41) is 0. The summed E-state index contributed by atoms with van der Waals surface area (Å²) in [6.45, 7) is 4.50. The van der Waals surface area contributed by atoms with Gasteiger partial charge in [0.2, 0.25) is 5.96 Å². The second kappa shape index (κ2) is 9.16. The van der Waals surface area contributed by atoms with Crippen molar-refractivity contribution in [3.05, 3.63) is 76.5 Å². The SMILES string of the molecule is C#Cc1cccc(CN2CCC3=C(C2)C(=O)N(Cc2ccc(OC(C)(F)F)cc2)C2=NCCN23)c1. The topological polar surface area (TPSA) is 48.4 Å². The molecule has 0 aliphatic carbocycles. The molecule has 3 aliphatic heterocycles. The van der Waals surface area contributed by atoms with Gasteiger partial charge in [0.05, 0.1) is 18.7 Å². The standard InChI is InChI=1S/C27H26F2N4O2/c1-3-19-5-4-6-21(15-19)16-31-13-11-24-23(18-31)25(34)33(26-30-12-14-32(24)26)17-20-7-9-22(10-8-20)35-27(2,28)29/h1,4-10,15H,11-14,16-18H2,2H3. The highest BCUT2D eigenvalue weighted by Crippen LogP contribution is 2.32. The van der Waals surface area contributed by atoms with Gasteiger partial charge in [0.1, 0.15) is 5.75 Å². The Hall–Kier alpha value is -3.70. The van der Waals surface area contributed by atoms with Gasteiger partial charge in [0, 0.05) is 50.8 Å². The minimum atomic E-state index is -3.25. The van der Waals surface area contributed by atoms with Gasteiger partial charge in [-0.2, -0.15) is 8.78 Å². The molecule has 0 saturated heterocycles. The van der Waals surface area contributed by atoms with Crippen molar-refractivity contribution >= 4 is 11.9 Å². The molecule has 2 aromatic carbocycles. The lowest BCUT2D eigenvalue weighted by atomic mass is 9.99. The van der Waals surface area contributed by atoms with E-state index >= 15 is 0 Å². The van der Waals surface area contributed by atoms with E-state index in [1.165, 1.54) is 12.1 Å². The van der Waals surface area contributed by atoms with Crippen LogP contribution < -0.4 is 4.74 Å². The first-order chi connectivity index (χ1) is 16.8. The zero-order chi connectivity index (χ0) is 24.6. The molecule has 0 radical (unpaired) electrons. The maximum Gasteiger partial charge on any atom is 0.394 e. The fourth-order valence-corrected chi connectivity index (χ4v) is 4.82. The van der Waals surface area contributed by atoms with E-state index in [-0.39, 0.29) is 11.7 Å². The smallest absolute Gasteiger partial charge is 0.394 e. The lowest BCUT2D eigenvalue weighted by Gasteiger charge is -2.42. The van der Waals surface area contributed by atoms with Crippen LogP contribution in [0.25, 0.3) is 0 Å². The van der Waals surface area contributed by atoms with Gasteiger partial charge in [-0.1, -0.05) is 30.2 Å². The van der Waals surface area contributed by atoms with Crippen molar-refractivity contribution < 1.29 is 18.3 Å². The first-order valence-electron chi connectivity index (χ1n) is 11.6. The molecule has 1 amide bonds. The highest BCUT2D eigenvalue weighted by molar-refractivity contribution is 6.09. The van der Waals surface area contributed by atoms with Gasteiger partial charge < -0.3 is 9.64 Å². The van der Waals surface area contributed by atoms with Gasteiger partial charge in [-0.3, -0.25) is 19.6 Å². The Morgan fingerprint density at radius 3 is 2.66 bits per heavy atom. The molecule has 35 heavy (non-hydrogen) atoms. The lowest BCUT2D eigenvalue weighted by Crippen LogP contribution is -2.53. The third kappa shape index (κ3) is 4.91. The number of fused-ring (bicyclic) bond motifs is 2. The number of terminal acetylenes is 1. The van der Waals surface area contributed by atoms with Gasteiger partial charge in [0.15, 0.2) is 0 Å². The molecule has 0 atom stereocenters. The predicted molar refractivity (Wildman–Crippen MR) is 129 cm³/mol. The van der Waals surface area contributed by atoms with Crippen LogP contribution in [0, 0.1) is 12.3 Å². The number of amides is 1. The minimum Gasteiger partial charge on any atom is -0.433 e. The van der Waals surface area contributed by atoms with Crippen molar-refractivity contribution in [2.45, 2.75) is 32.5 Å². The molecule has 0 bridgehead atoms. The molecule has 2 aromatic rings. The fraction of sp³-hybridized carbons (Fsp3) is 0.333. The van der Waals surface area contributed by atoms with Crippen LogP contribution >= 0.6 is 0 Å².